The monoisotopic (exact) mass is 818 g/mol. The first-order chi connectivity index (χ1) is 27.7. The Labute approximate surface area is 339 Å². The third kappa shape index (κ3) is 6.47. The standard InChI is InChI=1S/C24H16Cl2O7.C20H12O5/c1-11(27)31-21-9-19-15(7-17(21)25)23(13-5-3-4-6-14(13)24(29)30)16-8-18(26)22(32-12(2)28)10-20(16)33-19;21-11-5-7-15-17(9-11)24-18-10-12(22)6-8-16(18)20(15)14-4-2-1-3-13(14)19(23)25-20/h3-10,23H,1-2H3,(H,29,30);1-10,21-22H. The first-order valence-corrected chi connectivity index (χ1v) is 18.2. The highest BCUT2D eigenvalue weighted by Crippen LogP contribution is 2.57. The number of benzene rings is 6. The number of hydrogen-bond donors (Lipinski definition) is 3. The van der Waals surface area contributed by atoms with Gasteiger partial charge in [-0.1, -0.05) is 59.6 Å². The van der Waals surface area contributed by atoms with E-state index in [1.54, 1.807) is 54.6 Å². The van der Waals surface area contributed by atoms with Gasteiger partial charge in [0.25, 0.3) is 0 Å². The summed E-state index contributed by atoms with van der Waals surface area (Å²) in [5.41, 5.74) is 2.94. The van der Waals surface area contributed by atoms with Gasteiger partial charge in [0, 0.05) is 71.8 Å². The number of phenols is 2. The normalized spacial score (nSPS) is 13.8. The fourth-order valence-electron chi connectivity index (χ4n) is 7.41. The molecule has 6 aromatic carbocycles. The highest BCUT2D eigenvalue weighted by Gasteiger charge is 2.53. The maximum Gasteiger partial charge on any atom is 0.340 e. The largest absolute Gasteiger partial charge is 0.508 e. The maximum atomic E-state index is 12.5. The van der Waals surface area contributed by atoms with E-state index >= 15 is 0 Å². The lowest BCUT2D eigenvalue weighted by Crippen LogP contribution is -2.32. The van der Waals surface area contributed by atoms with Gasteiger partial charge in [0.05, 0.1) is 21.2 Å². The summed E-state index contributed by atoms with van der Waals surface area (Å²) in [5.74, 6) is -1.69. The van der Waals surface area contributed by atoms with E-state index in [2.05, 4.69) is 0 Å². The molecule has 12 nitrogen and oxygen atoms in total. The van der Waals surface area contributed by atoms with Crippen molar-refractivity contribution < 1.29 is 58.2 Å². The molecule has 0 bridgehead atoms. The van der Waals surface area contributed by atoms with Crippen LogP contribution in [-0.4, -0.2) is 39.2 Å². The Hall–Kier alpha value is -7.02. The zero-order valence-electron chi connectivity index (χ0n) is 30.2. The van der Waals surface area contributed by atoms with Crippen molar-refractivity contribution in [3.8, 4) is 46.0 Å². The van der Waals surface area contributed by atoms with Crippen LogP contribution < -0.4 is 18.9 Å². The van der Waals surface area contributed by atoms with Crippen LogP contribution in [-0.2, 0) is 19.9 Å². The van der Waals surface area contributed by atoms with E-state index < -0.39 is 35.4 Å². The Kier molecular flexibility index (Phi) is 9.46. The van der Waals surface area contributed by atoms with E-state index in [4.69, 9.17) is 46.9 Å². The van der Waals surface area contributed by atoms with Crippen LogP contribution in [0.4, 0.5) is 0 Å². The Bertz CT molecular complexity index is 2620. The van der Waals surface area contributed by atoms with Crippen molar-refractivity contribution in [1.82, 2.24) is 0 Å². The number of esters is 3. The van der Waals surface area contributed by atoms with Crippen LogP contribution >= 0.6 is 23.2 Å². The Morgan fingerprint density at radius 2 is 1.12 bits per heavy atom. The highest BCUT2D eigenvalue weighted by atomic mass is 35.5. The SMILES string of the molecule is CC(=O)Oc1cc2c(cc1Cl)C(c1ccccc1C(=O)O)c1cc(Cl)c(OC(C)=O)cc1O2.O=C1OC2(c3ccc(O)cc3Oc3cc(O)ccc32)c2ccccc21. The van der Waals surface area contributed by atoms with Crippen LogP contribution in [0.5, 0.6) is 46.0 Å². The summed E-state index contributed by atoms with van der Waals surface area (Å²) in [4.78, 5) is 47.4. The van der Waals surface area contributed by atoms with Crippen LogP contribution in [0.2, 0.25) is 10.0 Å². The third-order valence-electron chi connectivity index (χ3n) is 9.66. The number of carboxylic acid groups (broad SMARTS) is 1. The van der Waals surface area contributed by atoms with Crippen LogP contribution in [0.1, 0.15) is 73.9 Å². The number of carbonyl (C=O) groups excluding carboxylic acids is 3. The van der Waals surface area contributed by atoms with E-state index in [9.17, 15) is 34.5 Å². The van der Waals surface area contributed by atoms with Crippen LogP contribution in [0.3, 0.4) is 0 Å². The number of hydrogen-bond acceptors (Lipinski definition) is 11. The number of rotatable bonds is 4. The molecular weight excluding hydrogens is 791 g/mol. The van der Waals surface area contributed by atoms with Crippen molar-refractivity contribution in [2.24, 2.45) is 0 Å². The zero-order valence-corrected chi connectivity index (χ0v) is 31.8. The highest BCUT2D eigenvalue weighted by molar-refractivity contribution is 6.32. The van der Waals surface area contributed by atoms with Crippen molar-refractivity contribution in [3.63, 3.8) is 0 Å². The minimum Gasteiger partial charge on any atom is -0.508 e. The third-order valence-corrected chi connectivity index (χ3v) is 10.3. The number of halogens is 2. The maximum absolute atomic E-state index is 12.5. The molecule has 3 aliphatic rings. The second-order valence-corrected chi connectivity index (χ2v) is 14.1. The number of carbonyl (C=O) groups is 4. The van der Waals surface area contributed by atoms with E-state index in [1.807, 2.05) is 12.1 Å². The van der Waals surface area contributed by atoms with E-state index in [0.717, 1.165) is 0 Å². The number of carboxylic acids is 1. The average molecular weight is 820 g/mol. The molecule has 0 saturated heterocycles. The van der Waals surface area contributed by atoms with Crippen molar-refractivity contribution in [2.45, 2.75) is 25.4 Å². The summed E-state index contributed by atoms with van der Waals surface area (Å²) in [7, 11) is 0. The van der Waals surface area contributed by atoms with Crippen LogP contribution in [0.25, 0.3) is 0 Å². The Balaban J connectivity index is 0.000000167. The van der Waals surface area contributed by atoms with Crippen molar-refractivity contribution in [2.75, 3.05) is 0 Å². The number of aromatic hydroxyl groups is 2. The molecule has 0 atom stereocenters. The quantitative estimate of drug-likeness (QED) is 0.113. The summed E-state index contributed by atoms with van der Waals surface area (Å²) in [6.07, 6.45) is 0. The lowest BCUT2D eigenvalue weighted by Gasteiger charge is -2.36. The van der Waals surface area contributed by atoms with Crippen molar-refractivity contribution in [3.05, 3.63) is 164 Å². The van der Waals surface area contributed by atoms with Gasteiger partial charge in [-0.2, -0.15) is 0 Å². The fourth-order valence-corrected chi connectivity index (χ4v) is 7.83. The molecule has 0 radical (unpaired) electrons. The molecule has 3 aliphatic heterocycles. The Morgan fingerprint density at radius 1 is 0.621 bits per heavy atom. The first kappa shape index (κ1) is 37.9. The summed E-state index contributed by atoms with van der Waals surface area (Å²) < 4.78 is 28.1. The molecular formula is C44H28Cl2O12. The molecule has 58 heavy (non-hydrogen) atoms. The molecule has 0 amide bonds. The van der Waals surface area contributed by atoms with Crippen molar-refractivity contribution in [1.29, 1.82) is 0 Å². The van der Waals surface area contributed by atoms with E-state index in [0.29, 0.717) is 61.9 Å². The van der Waals surface area contributed by atoms with Gasteiger partial charge in [0.1, 0.15) is 34.5 Å². The molecule has 14 heteroatoms. The molecule has 6 aromatic rings. The molecule has 0 aromatic heterocycles. The number of phenolic OH excluding ortho intramolecular Hbond substituents is 2. The summed E-state index contributed by atoms with van der Waals surface area (Å²) in [5, 5.41) is 29.8. The average Bonchev–Trinajstić information content (AvgIpc) is 3.46. The van der Waals surface area contributed by atoms with Crippen LogP contribution in [0, 0.1) is 0 Å². The van der Waals surface area contributed by atoms with Crippen molar-refractivity contribution >= 4 is 47.1 Å². The van der Waals surface area contributed by atoms with Gasteiger partial charge in [-0.05, 0) is 54.1 Å². The fraction of sp³-hybridized carbons (Fsp3) is 0.0909. The topological polar surface area (TPSA) is 175 Å². The number of ether oxygens (including phenoxy) is 5. The predicted octanol–water partition coefficient (Wildman–Crippen LogP) is 9.49. The molecule has 290 valence electrons. The predicted molar refractivity (Wildman–Crippen MR) is 208 cm³/mol. The zero-order chi connectivity index (χ0) is 41.0. The Morgan fingerprint density at radius 3 is 1.66 bits per heavy atom. The van der Waals surface area contributed by atoms with Gasteiger partial charge in [0.2, 0.25) is 0 Å². The second-order valence-electron chi connectivity index (χ2n) is 13.3. The van der Waals surface area contributed by atoms with Gasteiger partial charge in [-0.25, -0.2) is 9.59 Å². The van der Waals surface area contributed by atoms with E-state index in [1.165, 1.54) is 56.3 Å². The second kappa shape index (κ2) is 14.5. The number of aromatic carboxylic acids is 1. The molecule has 1 spiro atoms. The summed E-state index contributed by atoms with van der Waals surface area (Å²) >= 11 is 12.7. The lowest BCUT2D eigenvalue weighted by atomic mass is 9.77. The molecule has 3 N–H and O–H groups in total. The molecule has 3 heterocycles. The van der Waals surface area contributed by atoms with Gasteiger partial charge in [-0.15, -0.1) is 0 Å². The minimum absolute atomic E-state index is 0.0371. The van der Waals surface area contributed by atoms with Crippen LogP contribution in [0.15, 0.2) is 109 Å². The minimum atomic E-state index is -1.17. The molecule has 0 unspecified atom stereocenters. The molecule has 9 rings (SSSR count). The van der Waals surface area contributed by atoms with Gasteiger partial charge in [-0.3, -0.25) is 9.59 Å². The first-order valence-electron chi connectivity index (χ1n) is 17.5. The molecule has 0 saturated carbocycles. The smallest absolute Gasteiger partial charge is 0.340 e. The lowest BCUT2D eigenvalue weighted by molar-refractivity contribution is -0.132. The van der Waals surface area contributed by atoms with E-state index in [-0.39, 0.29) is 38.6 Å². The van der Waals surface area contributed by atoms with Gasteiger partial charge < -0.3 is 39.0 Å². The molecule has 0 fully saturated rings. The summed E-state index contributed by atoms with van der Waals surface area (Å²) in [6, 6.07) is 29.2. The summed E-state index contributed by atoms with van der Waals surface area (Å²) in [6.45, 7) is 2.48. The molecule has 0 aliphatic carbocycles. The van der Waals surface area contributed by atoms with Gasteiger partial charge >= 0.3 is 23.9 Å². The van der Waals surface area contributed by atoms with Gasteiger partial charge in [0.15, 0.2) is 17.1 Å². The number of fused-ring (bicyclic) bond motifs is 8.